The summed E-state index contributed by atoms with van der Waals surface area (Å²) < 4.78 is 15.4. The van der Waals surface area contributed by atoms with Gasteiger partial charge in [-0.2, -0.15) is 0 Å². The van der Waals surface area contributed by atoms with Gasteiger partial charge in [0.2, 0.25) is 0 Å². The molecule has 0 aromatic heterocycles. The van der Waals surface area contributed by atoms with Crippen LogP contribution in [0.25, 0.3) is 0 Å². The van der Waals surface area contributed by atoms with Crippen LogP contribution in [0.4, 0.5) is 0 Å². The molecule has 0 aliphatic carbocycles. The lowest BCUT2D eigenvalue weighted by Crippen LogP contribution is -2.36. The van der Waals surface area contributed by atoms with Gasteiger partial charge in [-0.05, 0) is 39.2 Å². The van der Waals surface area contributed by atoms with Crippen molar-refractivity contribution in [2.75, 3.05) is 39.5 Å². The standard InChI is InChI=1S/C17H29NO5/c1-3-15(2)23-17(20)8-7-16(19)22-12-6-4-5-9-18-10-13-21-14-11-18/h7-8,15H,3-6,9-14H2,1-2H3/b8-7+. The fourth-order valence-corrected chi connectivity index (χ4v) is 2.12. The highest BCUT2D eigenvalue weighted by atomic mass is 16.5. The lowest BCUT2D eigenvalue weighted by molar-refractivity contribution is -0.143. The van der Waals surface area contributed by atoms with Crippen LogP contribution in [0.1, 0.15) is 39.5 Å². The molecule has 1 unspecified atom stereocenters. The Hall–Kier alpha value is -1.40. The van der Waals surface area contributed by atoms with Gasteiger partial charge in [0.25, 0.3) is 0 Å². The fraction of sp³-hybridized carbons (Fsp3) is 0.765. The van der Waals surface area contributed by atoms with Gasteiger partial charge in [-0.15, -0.1) is 0 Å². The van der Waals surface area contributed by atoms with Crippen molar-refractivity contribution in [3.05, 3.63) is 12.2 Å². The number of rotatable bonds is 10. The average Bonchev–Trinajstić information content (AvgIpc) is 2.57. The Morgan fingerprint density at radius 3 is 2.52 bits per heavy atom. The summed E-state index contributed by atoms with van der Waals surface area (Å²) in [5.41, 5.74) is 0. The smallest absolute Gasteiger partial charge is 0.331 e. The van der Waals surface area contributed by atoms with E-state index in [0.29, 0.717) is 6.61 Å². The van der Waals surface area contributed by atoms with Crippen molar-refractivity contribution < 1.29 is 23.8 Å². The molecule has 1 aliphatic rings. The molecule has 0 bridgehead atoms. The third-order valence-electron chi connectivity index (χ3n) is 3.71. The quantitative estimate of drug-likeness (QED) is 0.347. The highest BCUT2D eigenvalue weighted by Gasteiger charge is 2.09. The Bertz CT molecular complexity index is 377. The Labute approximate surface area is 138 Å². The van der Waals surface area contributed by atoms with Crippen LogP contribution >= 0.6 is 0 Å². The number of ether oxygens (including phenoxy) is 3. The van der Waals surface area contributed by atoms with Crippen LogP contribution in [0.2, 0.25) is 0 Å². The van der Waals surface area contributed by atoms with E-state index < -0.39 is 11.9 Å². The molecule has 1 heterocycles. The number of morpholine rings is 1. The molecule has 0 radical (unpaired) electrons. The molecule has 1 atom stereocenters. The summed E-state index contributed by atoms with van der Waals surface area (Å²) in [6.07, 6.45) is 5.79. The van der Waals surface area contributed by atoms with Crippen molar-refractivity contribution >= 4 is 11.9 Å². The normalized spacial score (nSPS) is 17.1. The zero-order valence-electron chi connectivity index (χ0n) is 14.3. The second kappa shape index (κ2) is 12.1. The van der Waals surface area contributed by atoms with Gasteiger partial charge < -0.3 is 14.2 Å². The van der Waals surface area contributed by atoms with Crippen LogP contribution in [-0.4, -0.2) is 62.4 Å². The SMILES string of the molecule is CCC(C)OC(=O)/C=C/C(=O)OCCCCCN1CCOCC1. The molecular weight excluding hydrogens is 298 g/mol. The Morgan fingerprint density at radius 2 is 1.83 bits per heavy atom. The number of carbonyl (C=O) groups is 2. The van der Waals surface area contributed by atoms with E-state index in [1.165, 1.54) is 0 Å². The van der Waals surface area contributed by atoms with Gasteiger partial charge in [-0.1, -0.05) is 6.92 Å². The Balaban J connectivity index is 1.99. The topological polar surface area (TPSA) is 65.1 Å². The minimum Gasteiger partial charge on any atom is -0.463 e. The summed E-state index contributed by atoms with van der Waals surface area (Å²) in [5.74, 6) is -1.01. The summed E-state index contributed by atoms with van der Waals surface area (Å²) in [5, 5.41) is 0. The van der Waals surface area contributed by atoms with Crippen molar-refractivity contribution in [1.29, 1.82) is 0 Å². The van der Waals surface area contributed by atoms with Crippen molar-refractivity contribution in [1.82, 2.24) is 4.90 Å². The lowest BCUT2D eigenvalue weighted by Gasteiger charge is -2.26. The molecule has 1 aliphatic heterocycles. The van der Waals surface area contributed by atoms with Crippen molar-refractivity contribution in [2.24, 2.45) is 0 Å². The minimum atomic E-state index is -0.512. The molecule has 1 rings (SSSR count). The highest BCUT2D eigenvalue weighted by molar-refractivity contribution is 5.91. The first-order valence-corrected chi connectivity index (χ1v) is 8.47. The molecule has 0 saturated carbocycles. The third-order valence-corrected chi connectivity index (χ3v) is 3.71. The van der Waals surface area contributed by atoms with E-state index in [9.17, 15) is 9.59 Å². The van der Waals surface area contributed by atoms with Crippen LogP contribution in [-0.2, 0) is 23.8 Å². The summed E-state index contributed by atoms with van der Waals surface area (Å²) in [6, 6.07) is 0. The van der Waals surface area contributed by atoms with Crippen LogP contribution in [0.3, 0.4) is 0 Å². The van der Waals surface area contributed by atoms with Gasteiger partial charge in [0.1, 0.15) is 0 Å². The second-order valence-corrected chi connectivity index (χ2v) is 5.67. The van der Waals surface area contributed by atoms with E-state index in [1.54, 1.807) is 6.92 Å². The maximum absolute atomic E-state index is 11.4. The molecule has 1 saturated heterocycles. The largest absolute Gasteiger partial charge is 0.463 e. The Morgan fingerprint density at radius 1 is 1.13 bits per heavy atom. The van der Waals surface area contributed by atoms with E-state index in [-0.39, 0.29) is 6.10 Å². The zero-order valence-corrected chi connectivity index (χ0v) is 14.3. The van der Waals surface area contributed by atoms with Crippen molar-refractivity contribution in [3.8, 4) is 0 Å². The highest BCUT2D eigenvalue weighted by Crippen LogP contribution is 2.03. The van der Waals surface area contributed by atoms with E-state index >= 15 is 0 Å². The molecular formula is C17H29NO5. The number of carbonyl (C=O) groups excluding carboxylic acids is 2. The predicted molar refractivity (Wildman–Crippen MR) is 87.1 cm³/mol. The van der Waals surface area contributed by atoms with Gasteiger partial charge in [0.05, 0.1) is 25.9 Å². The molecule has 0 N–H and O–H groups in total. The zero-order chi connectivity index (χ0) is 16.9. The number of nitrogens with zero attached hydrogens (tertiary/aromatic N) is 1. The van der Waals surface area contributed by atoms with Gasteiger partial charge >= 0.3 is 11.9 Å². The monoisotopic (exact) mass is 327 g/mol. The molecule has 132 valence electrons. The summed E-state index contributed by atoms with van der Waals surface area (Å²) in [4.78, 5) is 25.2. The van der Waals surface area contributed by atoms with Crippen molar-refractivity contribution in [3.63, 3.8) is 0 Å². The lowest BCUT2D eigenvalue weighted by atomic mass is 10.2. The molecule has 0 spiro atoms. The molecule has 23 heavy (non-hydrogen) atoms. The maximum Gasteiger partial charge on any atom is 0.331 e. The molecule has 6 heteroatoms. The first-order chi connectivity index (χ1) is 11.1. The van der Waals surface area contributed by atoms with Gasteiger partial charge in [0.15, 0.2) is 0 Å². The van der Waals surface area contributed by atoms with Gasteiger partial charge in [-0.25, -0.2) is 9.59 Å². The van der Waals surface area contributed by atoms with Crippen LogP contribution < -0.4 is 0 Å². The minimum absolute atomic E-state index is 0.144. The van der Waals surface area contributed by atoms with E-state index in [2.05, 4.69) is 4.90 Å². The molecule has 0 amide bonds. The van der Waals surface area contributed by atoms with Crippen LogP contribution in [0, 0.1) is 0 Å². The van der Waals surface area contributed by atoms with Gasteiger partial charge in [-0.3, -0.25) is 4.90 Å². The Kier molecular flexibility index (Phi) is 10.3. The van der Waals surface area contributed by atoms with E-state index in [1.807, 2.05) is 6.92 Å². The molecule has 0 aromatic rings. The number of unbranched alkanes of at least 4 members (excludes halogenated alkanes) is 2. The molecule has 6 nitrogen and oxygen atoms in total. The maximum atomic E-state index is 11.4. The molecule has 0 aromatic carbocycles. The molecule has 1 fully saturated rings. The summed E-state index contributed by atoms with van der Waals surface area (Å²) in [7, 11) is 0. The second-order valence-electron chi connectivity index (χ2n) is 5.67. The summed E-state index contributed by atoms with van der Waals surface area (Å²) in [6.45, 7) is 8.84. The van der Waals surface area contributed by atoms with E-state index in [4.69, 9.17) is 14.2 Å². The summed E-state index contributed by atoms with van der Waals surface area (Å²) >= 11 is 0. The number of hydrogen-bond donors (Lipinski definition) is 0. The first-order valence-electron chi connectivity index (χ1n) is 8.47. The number of hydrogen-bond acceptors (Lipinski definition) is 6. The van der Waals surface area contributed by atoms with Crippen LogP contribution in [0.15, 0.2) is 12.2 Å². The fourth-order valence-electron chi connectivity index (χ4n) is 2.12. The van der Waals surface area contributed by atoms with Crippen molar-refractivity contribution in [2.45, 2.75) is 45.6 Å². The first kappa shape index (κ1) is 19.6. The third kappa shape index (κ3) is 10.1. The average molecular weight is 327 g/mol. The van der Waals surface area contributed by atoms with Crippen LogP contribution in [0.5, 0.6) is 0 Å². The number of esters is 2. The predicted octanol–water partition coefficient (Wildman–Crippen LogP) is 1.93. The van der Waals surface area contributed by atoms with E-state index in [0.717, 1.165) is 70.7 Å². The van der Waals surface area contributed by atoms with Gasteiger partial charge in [0, 0.05) is 25.2 Å².